The van der Waals surface area contributed by atoms with Gasteiger partial charge in [0.05, 0.1) is 30.0 Å². The SMILES string of the molecule is O=C(Cc1csc(-c2ccccn2)n1)NC1CCCCC1O. The quantitative estimate of drug-likeness (QED) is 0.906. The van der Waals surface area contributed by atoms with Crippen LogP contribution >= 0.6 is 11.3 Å². The maximum Gasteiger partial charge on any atom is 0.226 e. The van der Waals surface area contributed by atoms with Crippen molar-refractivity contribution in [1.82, 2.24) is 15.3 Å². The Morgan fingerprint density at radius 1 is 1.36 bits per heavy atom. The molecule has 2 heterocycles. The topological polar surface area (TPSA) is 75.1 Å². The van der Waals surface area contributed by atoms with Crippen LogP contribution in [0.2, 0.25) is 0 Å². The number of carbonyl (C=O) groups is 1. The Kier molecular flexibility index (Phi) is 4.80. The van der Waals surface area contributed by atoms with E-state index >= 15 is 0 Å². The second-order valence-electron chi connectivity index (χ2n) is 5.56. The molecule has 1 fully saturated rings. The molecular weight excluding hydrogens is 298 g/mol. The number of thiazole rings is 1. The molecule has 1 aliphatic carbocycles. The Balaban J connectivity index is 1.59. The first-order valence-electron chi connectivity index (χ1n) is 7.55. The summed E-state index contributed by atoms with van der Waals surface area (Å²) in [6.07, 6.45) is 5.27. The zero-order valence-corrected chi connectivity index (χ0v) is 13.1. The highest BCUT2D eigenvalue weighted by Crippen LogP contribution is 2.22. The first-order chi connectivity index (χ1) is 10.7. The van der Waals surface area contributed by atoms with Crippen LogP contribution < -0.4 is 5.32 Å². The number of amides is 1. The van der Waals surface area contributed by atoms with Crippen LogP contribution in [0.3, 0.4) is 0 Å². The molecule has 0 radical (unpaired) electrons. The van der Waals surface area contributed by atoms with Gasteiger partial charge in [-0.2, -0.15) is 0 Å². The van der Waals surface area contributed by atoms with Crippen molar-refractivity contribution in [2.75, 3.05) is 0 Å². The van der Waals surface area contributed by atoms with Crippen LogP contribution in [0.4, 0.5) is 0 Å². The predicted molar refractivity (Wildman–Crippen MR) is 85.5 cm³/mol. The van der Waals surface area contributed by atoms with E-state index in [0.29, 0.717) is 0 Å². The van der Waals surface area contributed by atoms with Crippen molar-refractivity contribution < 1.29 is 9.90 Å². The number of carbonyl (C=O) groups excluding carboxylic acids is 1. The Bertz CT molecular complexity index is 629. The smallest absolute Gasteiger partial charge is 0.226 e. The number of aliphatic hydroxyl groups is 1. The largest absolute Gasteiger partial charge is 0.391 e. The van der Waals surface area contributed by atoms with Crippen molar-refractivity contribution >= 4 is 17.2 Å². The van der Waals surface area contributed by atoms with Crippen molar-refractivity contribution in [3.8, 4) is 10.7 Å². The second-order valence-corrected chi connectivity index (χ2v) is 6.42. The van der Waals surface area contributed by atoms with E-state index in [1.165, 1.54) is 11.3 Å². The van der Waals surface area contributed by atoms with Crippen LogP contribution in [0.25, 0.3) is 10.7 Å². The highest BCUT2D eigenvalue weighted by molar-refractivity contribution is 7.13. The molecule has 2 N–H and O–H groups in total. The van der Waals surface area contributed by atoms with E-state index in [4.69, 9.17) is 0 Å². The highest BCUT2D eigenvalue weighted by Gasteiger charge is 2.24. The van der Waals surface area contributed by atoms with Gasteiger partial charge in [-0.25, -0.2) is 4.98 Å². The summed E-state index contributed by atoms with van der Waals surface area (Å²) in [4.78, 5) is 20.8. The molecular formula is C16H19N3O2S. The van der Waals surface area contributed by atoms with Gasteiger partial charge in [-0.3, -0.25) is 9.78 Å². The summed E-state index contributed by atoms with van der Waals surface area (Å²) < 4.78 is 0. The Morgan fingerprint density at radius 3 is 3.00 bits per heavy atom. The summed E-state index contributed by atoms with van der Waals surface area (Å²) in [5, 5.41) is 15.5. The van der Waals surface area contributed by atoms with Gasteiger partial charge in [-0.1, -0.05) is 18.9 Å². The van der Waals surface area contributed by atoms with Crippen LogP contribution in [0.1, 0.15) is 31.4 Å². The maximum atomic E-state index is 12.1. The fourth-order valence-corrected chi connectivity index (χ4v) is 3.49. The third-order valence-corrected chi connectivity index (χ3v) is 4.77. The number of rotatable bonds is 4. The highest BCUT2D eigenvalue weighted by atomic mass is 32.1. The van der Waals surface area contributed by atoms with Gasteiger partial charge in [0.2, 0.25) is 5.91 Å². The van der Waals surface area contributed by atoms with E-state index in [2.05, 4.69) is 15.3 Å². The summed E-state index contributed by atoms with van der Waals surface area (Å²) in [6.45, 7) is 0. The fourth-order valence-electron chi connectivity index (χ4n) is 2.70. The van der Waals surface area contributed by atoms with Gasteiger partial charge in [-0.15, -0.1) is 11.3 Å². The standard InChI is InChI=1S/C16H19N3O2S/c20-14-7-2-1-5-12(14)19-15(21)9-11-10-22-16(18-11)13-6-3-4-8-17-13/h3-4,6,8,10,12,14,20H,1-2,5,7,9H2,(H,19,21). The number of hydrogen-bond donors (Lipinski definition) is 2. The predicted octanol–water partition coefficient (Wildman–Crippen LogP) is 2.17. The molecule has 116 valence electrons. The van der Waals surface area contributed by atoms with E-state index in [0.717, 1.165) is 42.1 Å². The molecule has 6 heteroatoms. The van der Waals surface area contributed by atoms with Crippen molar-refractivity contribution in [1.29, 1.82) is 0 Å². The monoisotopic (exact) mass is 317 g/mol. The van der Waals surface area contributed by atoms with Crippen LogP contribution in [-0.2, 0) is 11.2 Å². The first-order valence-corrected chi connectivity index (χ1v) is 8.43. The van der Waals surface area contributed by atoms with Crippen LogP contribution in [0.15, 0.2) is 29.8 Å². The van der Waals surface area contributed by atoms with Gasteiger partial charge >= 0.3 is 0 Å². The molecule has 2 atom stereocenters. The average molecular weight is 317 g/mol. The summed E-state index contributed by atoms with van der Waals surface area (Å²) in [6, 6.07) is 5.57. The van der Waals surface area contributed by atoms with Crippen molar-refractivity contribution in [2.24, 2.45) is 0 Å². The molecule has 2 aromatic heterocycles. The summed E-state index contributed by atoms with van der Waals surface area (Å²) in [5.41, 5.74) is 1.57. The zero-order chi connectivity index (χ0) is 15.4. The van der Waals surface area contributed by atoms with E-state index in [1.807, 2.05) is 23.6 Å². The first kappa shape index (κ1) is 15.1. The van der Waals surface area contributed by atoms with Gasteiger partial charge in [0, 0.05) is 11.6 Å². The van der Waals surface area contributed by atoms with E-state index in [-0.39, 0.29) is 18.4 Å². The van der Waals surface area contributed by atoms with Gasteiger partial charge in [-0.05, 0) is 25.0 Å². The molecule has 0 bridgehead atoms. The molecule has 2 unspecified atom stereocenters. The molecule has 1 aliphatic rings. The van der Waals surface area contributed by atoms with Crippen molar-refractivity contribution in [3.63, 3.8) is 0 Å². The number of pyridine rings is 1. The number of aliphatic hydroxyl groups excluding tert-OH is 1. The second kappa shape index (κ2) is 6.98. The molecule has 2 aromatic rings. The molecule has 3 rings (SSSR count). The Labute approximate surface area is 133 Å². The lowest BCUT2D eigenvalue weighted by atomic mass is 9.92. The minimum atomic E-state index is -0.419. The molecule has 0 saturated heterocycles. The Hall–Kier alpha value is -1.79. The number of nitrogens with zero attached hydrogens (tertiary/aromatic N) is 2. The van der Waals surface area contributed by atoms with Crippen LogP contribution in [0, 0.1) is 0 Å². The van der Waals surface area contributed by atoms with Gasteiger partial charge in [0.1, 0.15) is 5.01 Å². The van der Waals surface area contributed by atoms with E-state index in [9.17, 15) is 9.90 Å². The third kappa shape index (κ3) is 3.69. The summed E-state index contributed by atoms with van der Waals surface area (Å²) in [7, 11) is 0. The van der Waals surface area contributed by atoms with Gasteiger partial charge in [0.15, 0.2) is 0 Å². The minimum Gasteiger partial charge on any atom is -0.391 e. The molecule has 1 amide bonds. The third-order valence-electron chi connectivity index (χ3n) is 3.85. The molecule has 0 spiro atoms. The molecule has 5 nitrogen and oxygen atoms in total. The minimum absolute atomic E-state index is 0.0798. The summed E-state index contributed by atoms with van der Waals surface area (Å²) in [5.74, 6) is -0.0798. The number of hydrogen-bond acceptors (Lipinski definition) is 5. The molecule has 22 heavy (non-hydrogen) atoms. The van der Waals surface area contributed by atoms with Crippen LogP contribution in [0.5, 0.6) is 0 Å². The van der Waals surface area contributed by atoms with E-state index < -0.39 is 6.10 Å². The van der Waals surface area contributed by atoms with Crippen molar-refractivity contribution in [2.45, 2.75) is 44.2 Å². The molecule has 0 aromatic carbocycles. The van der Waals surface area contributed by atoms with Gasteiger partial charge < -0.3 is 10.4 Å². The lowest BCUT2D eigenvalue weighted by Crippen LogP contribution is -2.45. The lowest BCUT2D eigenvalue weighted by Gasteiger charge is -2.28. The molecule has 1 saturated carbocycles. The fraction of sp³-hybridized carbons (Fsp3) is 0.438. The maximum absolute atomic E-state index is 12.1. The normalized spacial score (nSPS) is 21.5. The van der Waals surface area contributed by atoms with E-state index in [1.54, 1.807) is 6.20 Å². The van der Waals surface area contributed by atoms with Crippen LogP contribution in [-0.4, -0.2) is 33.1 Å². The average Bonchev–Trinajstić information content (AvgIpc) is 2.99. The zero-order valence-electron chi connectivity index (χ0n) is 12.2. The number of aromatic nitrogens is 2. The number of nitrogens with one attached hydrogen (secondary N) is 1. The molecule has 0 aliphatic heterocycles. The lowest BCUT2D eigenvalue weighted by molar-refractivity contribution is -0.122. The summed E-state index contributed by atoms with van der Waals surface area (Å²) >= 11 is 1.49. The van der Waals surface area contributed by atoms with Gasteiger partial charge in [0.25, 0.3) is 0 Å². The Morgan fingerprint density at radius 2 is 2.23 bits per heavy atom. The van der Waals surface area contributed by atoms with Crippen molar-refractivity contribution in [3.05, 3.63) is 35.5 Å².